The van der Waals surface area contributed by atoms with Gasteiger partial charge in [-0.2, -0.15) is 0 Å². The van der Waals surface area contributed by atoms with Crippen LogP contribution in [-0.4, -0.2) is 24.1 Å². The molecule has 0 bridgehead atoms. The van der Waals surface area contributed by atoms with E-state index in [1.807, 2.05) is 0 Å². The normalized spacial score (nSPS) is 21.2. The van der Waals surface area contributed by atoms with E-state index in [9.17, 15) is 9.59 Å². The number of ether oxygens (including phenoxy) is 2. The van der Waals surface area contributed by atoms with Crippen molar-refractivity contribution in [3.8, 4) is 0 Å². The molecule has 18 heavy (non-hydrogen) atoms. The lowest BCUT2D eigenvalue weighted by Gasteiger charge is -2.29. The predicted molar refractivity (Wildman–Crippen MR) is 68.0 cm³/mol. The van der Waals surface area contributed by atoms with Crippen molar-refractivity contribution in [1.82, 2.24) is 0 Å². The maximum atomic E-state index is 11.3. The lowest BCUT2D eigenvalue weighted by molar-refractivity contribution is -0.172. The Morgan fingerprint density at radius 2 is 2.22 bits per heavy atom. The molecule has 2 unspecified atom stereocenters. The van der Waals surface area contributed by atoms with Crippen molar-refractivity contribution < 1.29 is 19.1 Å². The molecule has 1 saturated heterocycles. The molecule has 0 aromatic heterocycles. The van der Waals surface area contributed by atoms with E-state index >= 15 is 0 Å². The Bertz CT molecular complexity index is 275. The molecule has 0 spiro atoms. The number of carbonyl (C=O) groups is 2. The summed E-state index contributed by atoms with van der Waals surface area (Å²) in [4.78, 5) is 22.4. The zero-order valence-corrected chi connectivity index (χ0v) is 11.4. The van der Waals surface area contributed by atoms with E-state index in [-0.39, 0.29) is 24.1 Å². The molecule has 1 rings (SSSR count). The molecular formula is C14H24O4. The Morgan fingerprint density at radius 1 is 1.44 bits per heavy atom. The highest BCUT2D eigenvalue weighted by Crippen LogP contribution is 2.22. The van der Waals surface area contributed by atoms with Gasteiger partial charge in [-0.15, -0.1) is 0 Å². The van der Waals surface area contributed by atoms with Crippen molar-refractivity contribution in [3.05, 3.63) is 0 Å². The molecular weight excluding hydrogens is 232 g/mol. The van der Waals surface area contributed by atoms with Gasteiger partial charge >= 0.3 is 11.9 Å². The molecule has 1 aliphatic rings. The third-order valence-electron chi connectivity index (χ3n) is 3.23. The summed E-state index contributed by atoms with van der Waals surface area (Å²) in [6.45, 7) is 3.57. The fourth-order valence-corrected chi connectivity index (χ4v) is 2.30. The van der Waals surface area contributed by atoms with Gasteiger partial charge in [-0.25, -0.2) is 0 Å². The minimum absolute atomic E-state index is 0.169. The van der Waals surface area contributed by atoms with Crippen molar-refractivity contribution in [2.24, 2.45) is 0 Å². The van der Waals surface area contributed by atoms with E-state index in [0.29, 0.717) is 6.42 Å². The van der Waals surface area contributed by atoms with Gasteiger partial charge in [-0.3, -0.25) is 9.59 Å². The van der Waals surface area contributed by atoms with Crippen molar-refractivity contribution in [2.45, 2.75) is 77.4 Å². The summed E-state index contributed by atoms with van der Waals surface area (Å²) in [5, 5.41) is 0. The van der Waals surface area contributed by atoms with Gasteiger partial charge in [0.15, 0.2) is 0 Å². The van der Waals surface area contributed by atoms with Crippen LogP contribution in [0.4, 0.5) is 0 Å². The largest absolute Gasteiger partial charge is 0.459 e. The summed E-state index contributed by atoms with van der Waals surface area (Å²) in [7, 11) is 0. The summed E-state index contributed by atoms with van der Waals surface area (Å²) in [5.74, 6) is -0.464. The molecule has 0 radical (unpaired) electrons. The summed E-state index contributed by atoms with van der Waals surface area (Å²) in [6, 6.07) is 0. The van der Waals surface area contributed by atoms with Gasteiger partial charge in [0.05, 0.1) is 0 Å². The molecule has 1 fully saturated rings. The van der Waals surface area contributed by atoms with Gasteiger partial charge in [0.1, 0.15) is 12.2 Å². The van der Waals surface area contributed by atoms with Crippen LogP contribution in [-0.2, 0) is 19.1 Å². The quantitative estimate of drug-likeness (QED) is 0.519. The topological polar surface area (TPSA) is 52.6 Å². The summed E-state index contributed by atoms with van der Waals surface area (Å²) >= 11 is 0. The van der Waals surface area contributed by atoms with E-state index in [0.717, 1.165) is 32.1 Å². The Kier molecular flexibility index (Phi) is 6.76. The van der Waals surface area contributed by atoms with E-state index in [1.54, 1.807) is 0 Å². The SMILES string of the molecule is CCCCCCC(OC(C)=O)C1CCCC(=O)O1. The molecule has 1 heterocycles. The number of hydrogen-bond acceptors (Lipinski definition) is 4. The predicted octanol–water partition coefficient (Wildman–Crippen LogP) is 2.98. The fraction of sp³-hybridized carbons (Fsp3) is 0.857. The van der Waals surface area contributed by atoms with Crippen LogP contribution < -0.4 is 0 Å². The lowest BCUT2D eigenvalue weighted by atomic mass is 9.99. The molecule has 0 aliphatic carbocycles. The molecule has 0 aromatic rings. The monoisotopic (exact) mass is 256 g/mol. The van der Waals surface area contributed by atoms with Crippen LogP contribution in [0.3, 0.4) is 0 Å². The number of esters is 2. The molecule has 0 amide bonds. The second-order valence-corrected chi connectivity index (χ2v) is 4.92. The van der Waals surface area contributed by atoms with Crippen LogP contribution >= 0.6 is 0 Å². The second kappa shape index (κ2) is 8.11. The van der Waals surface area contributed by atoms with Gasteiger partial charge in [-0.05, 0) is 25.7 Å². The van der Waals surface area contributed by atoms with E-state index in [2.05, 4.69) is 6.92 Å². The summed E-state index contributed by atoms with van der Waals surface area (Å²) < 4.78 is 10.6. The third-order valence-corrected chi connectivity index (χ3v) is 3.23. The third kappa shape index (κ3) is 5.52. The fourth-order valence-electron chi connectivity index (χ4n) is 2.30. The number of unbranched alkanes of at least 4 members (excludes halogenated alkanes) is 3. The average molecular weight is 256 g/mol. The molecule has 104 valence electrons. The first-order valence-corrected chi connectivity index (χ1v) is 7.00. The van der Waals surface area contributed by atoms with Crippen molar-refractivity contribution in [1.29, 1.82) is 0 Å². The van der Waals surface area contributed by atoms with Gasteiger partial charge in [-0.1, -0.05) is 26.2 Å². The zero-order valence-electron chi connectivity index (χ0n) is 11.4. The lowest BCUT2D eigenvalue weighted by Crippen LogP contribution is -2.37. The molecule has 0 N–H and O–H groups in total. The van der Waals surface area contributed by atoms with Crippen molar-refractivity contribution >= 4 is 11.9 Å². The van der Waals surface area contributed by atoms with E-state index in [4.69, 9.17) is 9.47 Å². The first kappa shape index (κ1) is 15.0. The van der Waals surface area contributed by atoms with Crippen LogP contribution in [0.2, 0.25) is 0 Å². The van der Waals surface area contributed by atoms with E-state index < -0.39 is 0 Å². The van der Waals surface area contributed by atoms with Gasteiger partial charge < -0.3 is 9.47 Å². The first-order chi connectivity index (χ1) is 8.63. The van der Waals surface area contributed by atoms with Crippen molar-refractivity contribution in [3.63, 3.8) is 0 Å². The number of rotatable bonds is 7. The number of cyclic esters (lactones) is 1. The Labute approximate surface area is 109 Å². The number of hydrogen-bond donors (Lipinski definition) is 0. The summed E-state index contributed by atoms with van der Waals surface area (Å²) in [6.07, 6.45) is 6.92. The summed E-state index contributed by atoms with van der Waals surface area (Å²) in [5.41, 5.74) is 0. The molecule has 2 atom stereocenters. The highest BCUT2D eigenvalue weighted by atomic mass is 16.6. The van der Waals surface area contributed by atoms with Crippen LogP contribution in [0.1, 0.15) is 65.2 Å². The smallest absolute Gasteiger partial charge is 0.306 e. The van der Waals surface area contributed by atoms with Crippen molar-refractivity contribution in [2.75, 3.05) is 0 Å². The second-order valence-electron chi connectivity index (χ2n) is 4.92. The van der Waals surface area contributed by atoms with Gasteiger partial charge in [0.25, 0.3) is 0 Å². The number of carbonyl (C=O) groups excluding carboxylic acids is 2. The maximum absolute atomic E-state index is 11.3. The Hall–Kier alpha value is -1.06. The molecule has 1 aliphatic heterocycles. The standard InChI is InChI=1S/C14H24O4/c1-3-4-5-6-8-12(17-11(2)15)13-9-7-10-14(16)18-13/h12-13H,3-10H2,1-2H3. The zero-order chi connectivity index (χ0) is 13.4. The maximum Gasteiger partial charge on any atom is 0.306 e. The minimum atomic E-state index is -0.294. The molecule has 0 saturated carbocycles. The molecule has 0 aromatic carbocycles. The first-order valence-electron chi connectivity index (χ1n) is 7.00. The highest BCUT2D eigenvalue weighted by Gasteiger charge is 2.30. The molecule has 4 nitrogen and oxygen atoms in total. The van der Waals surface area contributed by atoms with Crippen LogP contribution in [0.5, 0.6) is 0 Å². The Balaban J connectivity index is 2.43. The van der Waals surface area contributed by atoms with Crippen LogP contribution in [0, 0.1) is 0 Å². The minimum Gasteiger partial charge on any atom is -0.459 e. The van der Waals surface area contributed by atoms with Crippen LogP contribution in [0.25, 0.3) is 0 Å². The average Bonchev–Trinajstić information content (AvgIpc) is 2.32. The van der Waals surface area contributed by atoms with E-state index in [1.165, 1.54) is 19.8 Å². The molecule has 4 heteroatoms. The van der Waals surface area contributed by atoms with Gasteiger partial charge in [0.2, 0.25) is 0 Å². The Morgan fingerprint density at radius 3 is 2.83 bits per heavy atom. The highest BCUT2D eigenvalue weighted by molar-refractivity contribution is 5.70. The van der Waals surface area contributed by atoms with Gasteiger partial charge in [0, 0.05) is 13.3 Å². The van der Waals surface area contributed by atoms with Crippen LogP contribution in [0.15, 0.2) is 0 Å².